The second kappa shape index (κ2) is 4.95. The fraction of sp³-hybridized carbons (Fsp3) is 0.368. The number of phenols is 1. The van der Waals surface area contributed by atoms with Crippen LogP contribution in [-0.4, -0.2) is 34.9 Å². The third kappa shape index (κ3) is 1.72. The molecular weight excluding hydrogens is 324 g/mol. The highest BCUT2D eigenvalue weighted by atomic mass is 16.6. The lowest BCUT2D eigenvalue weighted by Gasteiger charge is -2.32. The molecule has 1 saturated carbocycles. The van der Waals surface area contributed by atoms with Gasteiger partial charge in [0.2, 0.25) is 5.79 Å². The lowest BCUT2D eigenvalue weighted by Crippen LogP contribution is -2.53. The zero-order valence-electron chi connectivity index (χ0n) is 14.0. The highest BCUT2D eigenvalue weighted by Crippen LogP contribution is 2.61. The first-order valence-electron chi connectivity index (χ1n) is 8.16. The van der Waals surface area contributed by atoms with Gasteiger partial charge in [-0.15, -0.1) is 0 Å². The molecule has 0 spiro atoms. The average molecular weight is 342 g/mol. The lowest BCUT2D eigenvalue weighted by atomic mass is 9.73. The maximum absolute atomic E-state index is 12.8. The Morgan fingerprint density at radius 2 is 1.88 bits per heavy atom. The van der Waals surface area contributed by atoms with Crippen LogP contribution < -0.4 is 4.74 Å². The summed E-state index contributed by atoms with van der Waals surface area (Å²) in [5.74, 6) is -2.79. The van der Waals surface area contributed by atoms with Crippen molar-refractivity contribution in [2.75, 3.05) is 7.11 Å². The number of carbonyl (C=O) groups is 2. The van der Waals surface area contributed by atoms with Crippen molar-refractivity contribution in [1.82, 2.24) is 0 Å². The number of aromatic hydroxyl groups is 1. The Labute approximate surface area is 144 Å². The number of esters is 1. The van der Waals surface area contributed by atoms with E-state index in [1.54, 1.807) is 24.3 Å². The minimum Gasteiger partial charge on any atom is -0.507 e. The van der Waals surface area contributed by atoms with Crippen LogP contribution >= 0.6 is 0 Å². The van der Waals surface area contributed by atoms with E-state index in [2.05, 4.69) is 0 Å². The van der Waals surface area contributed by atoms with Crippen molar-refractivity contribution in [2.24, 2.45) is 0 Å². The summed E-state index contributed by atoms with van der Waals surface area (Å²) in [7, 11) is 1.24. The molecular formula is C19H18O6. The number of carbonyl (C=O) groups excluding carboxylic acids is 2. The monoisotopic (exact) mass is 342 g/mol. The predicted molar refractivity (Wildman–Crippen MR) is 88.7 cm³/mol. The standard InChI is InChI=1S/C19H18O6/c1-10(20)13-14-16(12-7-4-3-6-11(12)15(13)21)25-19(23)9-5-8-18(14,19)17(22)24-2/h3-4,6-7,21,23H,5,8-9H2,1-2H3/t18-,19+/m1/s1. The number of rotatable bonds is 2. The largest absolute Gasteiger partial charge is 0.507 e. The molecule has 2 aliphatic rings. The molecule has 2 N–H and O–H groups in total. The summed E-state index contributed by atoms with van der Waals surface area (Å²) < 4.78 is 10.9. The Kier molecular flexibility index (Phi) is 3.15. The van der Waals surface area contributed by atoms with Crippen molar-refractivity contribution >= 4 is 22.5 Å². The molecule has 0 saturated heterocycles. The number of ether oxygens (including phenoxy) is 2. The summed E-state index contributed by atoms with van der Waals surface area (Å²) in [6.45, 7) is 1.32. The van der Waals surface area contributed by atoms with Gasteiger partial charge in [-0.3, -0.25) is 9.59 Å². The summed E-state index contributed by atoms with van der Waals surface area (Å²) >= 11 is 0. The highest BCUT2D eigenvalue weighted by Gasteiger charge is 2.69. The van der Waals surface area contributed by atoms with E-state index >= 15 is 0 Å². The van der Waals surface area contributed by atoms with Gasteiger partial charge >= 0.3 is 5.97 Å². The number of hydrogen-bond acceptors (Lipinski definition) is 6. The molecule has 6 nitrogen and oxygen atoms in total. The van der Waals surface area contributed by atoms with Gasteiger partial charge in [0.15, 0.2) is 11.2 Å². The number of fused-ring (bicyclic) bond motifs is 5. The van der Waals surface area contributed by atoms with Crippen molar-refractivity contribution < 1.29 is 29.3 Å². The van der Waals surface area contributed by atoms with Gasteiger partial charge in [0.25, 0.3) is 0 Å². The fourth-order valence-electron chi connectivity index (χ4n) is 4.41. The van der Waals surface area contributed by atoms with E-state index in [1.165, 1.54) is 14.0 Å². The van der Waals surface area contributed by atoms with E-state index in [0.717, 1.165) is 0 Å². The second-order valence-corrected chi connectivity index (χ2v) is 6.67. The lowest BCUT2D eigenvalue weighted by molar-refractivity contribution is -0.185. The fourth-order valence-corrected chi connectivity index (χ4v) is 4.41. The molecule has 1 fully saturated rings. The Bertz CT molecular complexity index is 933. The molecule has 130 valence electrons. The van der Waals surface area contributed by atoms with Crippen molar-refractivity contribution in [2.45, 2.75) is 37.4 Å². The van der Waals surface area contributed by atoms with Gasteiger partial charge in [-0.2, -0.15) is 0 Å². The van der Waals surface area contributed by atoms with Gasteiger partial charge in [-0.1, -0.05) is 24.3 Å². The zero-order valence-corrected chi connectivity index (χ0v) is 14.0. The van der Waals surface area contributed by atoms with Crippen LogP contribution in [0.5, 0.6) is 11.5 Å². The molecule has 0 amide bonds. The number of aliphatic hydroxyl groups is 1. The van der Waals surface area contributed by atoms with Crippen LogP contribution in [0.3, 0.4) is 0 Å². The van der Waals surface area contributed by atoms with Crippen LogP contribution in [0.4, 0.5) is 0 Å². The summed E-state index contributed by atoms with van der Waals surface area (Å²) in [5.41, 5.74) is -1.26. The Morgan fingerprint density at radius 1 is 1.20 bits per heavy atom. The number of ketones is 1. The van der Waals surface area contributed by atoms with Gasteiger partial charge in [-0.25, -0.2) is 0 Å². The quantitative estimate of drug-likeness (QED) is 0.643. The zero-order chi connectivity index (χ0) is 18.0. The van der Waals surface area contributed by atoms with Crippen LogP contribution in [0.1, 0.15) is 42.1 Å². The molecule has 0 radical (unpaired) electrons. The van der Waals surface area contributed by atoms with Gasteiger partial charge in [-0.05, 0) is 19.8 Å². The Balaban J connectivity index is 2.20. The summed E-state index contributed by atoms with van der Waals surface area (Å²) in [4.78, 5) is 25.1. The van der Waals surface area contributed by atoms with Crippen LogP contribution in [-0.2, 0) is 14.9 Å². The second-order valence-electron chi connectivity index (χ2n) is 6.67. The van der Waals surface area contributed by atoms with Crippen LogP contribution in [0, 0.1) is 0 Å². The molecule has 2 aromatic carbocycles. The van der Waals surface area contributed by atoms with E-state index in [0.29, 0.717) is 17.2 Å². The normalized spacial score (nSPS) is 26.8. The predicted octanol–water partition coefficient (Wildman–Crippen LogP) is 2.42. The van der Waals surface area contributed by atoms with Crippen molar-refractivity contribution in [3.05, 3.63) is 35.4 Å². The molecule has 1 heterocycles. The average Bonchev–Trinajstić information content (AvgIpc) is 3.05. The van der Waals surface area contributed by atoms with Crippen molar-refractivity contribution in [1.29, 1.82) is 0 Å². The topological polar surface area (TPSA) is 93.1 Å². The summed E-state index contributed by atoms with van der Waals surface area (Å²) in [6.07, 6.45) is 1.06. The molecule has 0 unspecified atom stereocenters. The van der Waals surface area contributed by atoms with Crippen LogP contribution in [0.15, 0.2) is 24.3 Å². The van der Waals surface area contributed by atoms with E-state index in [9.17, 15) is 19.8 Å². The number of methoxy groups -OCH3 is 1. The van der Waals surface area contributed by atoms with E-state index in [1.807, 2.05) is 0 Å². The third-order valence-corrected chi connectivity index (χ3v) is 5.46. The van der Waals surface area contributed by atoms with E-state index in [4.69, 9.17) is 9.47 Å². The van der Waals surface area contributed by atoms with Gasteiger partial charge in [0, 0.05) is 22.8 Å². The molecule has 0 aromatic heterocycles. The first kappa shape index (κ1) is 15.9. The van der Waals surface area contributed by atoms with E-state index < -0.39 is 23.0 Å². The number of Topliss-reactive ketones (excluding diaryl/α,β-unsaturated/α-hetero) is 1. The molecule has 2 aromatic rings. The first-order chi connectivity index (χ1) is 11.9. The minimum absolute atomic E-state index is 0.0110. The Morgan fingerprint density at radius 3 is 2.52 bits per heavy atom. The van der Waals surface area contributed by atoms with Gasteiger partial charge < -0.3 is 19.7 Å². The SMILES string of the molecule is COC(=O)[C@]12CCC[C@]1(O)Oc1c2c(C(C)=O)c(O)c2ccccc12. The minimum atomic E-state index is -1.79. The third-order valence-electron chi connectivity index (χ3n) is 5.46. The first-order valence-corrected chi connectivity index (χ1v) is 8.16. The molecule has 6 heteroatoms. The molecule has 4 rings (SSSR count). The molecule has 1 aliphatic heterocycles. The maximum atomic E-state index is 12.8. The van der Waals surface area contributed by atoms with E-state index in [-0.39, 0.29) is 35.5 Å². The summed E-state index contributed by atoms with van der Waals surface area (Å²) in [5, 5.41) is 22.9. The van der Waals surface area contributed by atoms with Crippen LogP contribution in [0.25, 0.3) is 10.8 Å². The van der Waals surface area contributed by atoms with Crippen molar-refractivity contribution in [3.63, 3.8) is 0 Å². The maximum Gasteiger partial charge on any atom is 0.323 e. The smallest absolute Gasteiger partial charge is 0.323 e. The molecule has 1 aliphatic carbocycles. The molecule has 25 heavy (non-hydrogen) atoms. The number of hydrogen-bond donors (Lipinski definition) is 2. The summed E-state index contributed by atoms with van der Waals surface area (Å²) in [6, 6.07) is 6.90. The van der Waals surface area contributed by atoms with Crippen LogP contribution in [0.2, 0.25) is 0 Å². The Hall–Kier alpha value is -2.60. The highest BCUT2D eigenvalue weighted by molar-refractivity contribution is 6.10. The molecule has 2 atom stereocenters. The van der Waals surface area contributed by atoms with Crippen molar-refractivity contribution in [3.8, 4) is 11.5 Å². The van der Waals surface area contributed by atoms with Gasteiger partial charge in [0.1, 0.15) is 11.5 Å². The number of benzene rings is 2. The number of phenolic OH excluding ortho intramolecular Hbond substituents is 1. The molecule has 0 bridgehead atoms. The van der Waals surface area contributed by atoms with Gasteiger partial charge in [0.05, 0.1) is 12.7 Å².